The van der Waals surface area contributed by atoms with E-state index in [1.54, 1.807) is 0 Å². The van der Waals surface area contributed by atoms with Crippen LogP contribution in [0.4, 0.5) is 13.2 Å². The first-order valence-corrected chi connectivity index (χ1v) is 9.52. The quantitative estimate of drug-likeness (QED) is 0.355. The third kappa shape index (κ3) is 12.2. The zero-order chi connectivity index (χ0) is 24.0. The van der Waals surface area contributed by atoms with Crippen LogP contribution in [0.15, 0.2) is 66.7 Å². The second kappa shape index (κ2) is 13.7. The molecule has 2 rings (SSSR count). The van der Waals surface area contributed by atoms with Crippen LogP contribution in [0.1, 0.15) is 30.9 Å². The van der Waals surface area contributed by atoms with E-state index in [1.165, 1.54) is 24.3 Å². The van der Waals surface area contributed by atoms with Crippen LogP contribution < -0.4 is 15.2 Å². The van der Waals surface area contributed by atoms with Crippen LogP contribution in [-0.2, 0) is 9.59 Å². The first kappa shape index (κ1) is 26.5. The summed E-state index contributed by atoms with van der Waals surface area (Å²) in [5.74, 6) is -2.29. The van der Waals surface area contributed by atoms with Crippen LogP contribution in [-0.4, -0.2) is 35.1 Å². The highest BCUT2D eigenvalue weighted by Gasteiger charge is 2.31. The normalized spacial score (nSPS) is 11.9. The van der Waals surface area contributed by atoms with E-state index in [0.717, 1.165) is 24.8 Å². The Bertz CT molecular complexity index is 838. The number of hydrogen-bond acceptors (Lipinski definition) is 5. The number of carboxylic acids is 2. The minimum absolute atomic E-state index is 0.174. The predicted molar refractivity (Wildman–Crippen MR) is 110 cm³/mol. The van der Waals surface area contributed by atoms with Gasteiger partial charge in [0.1, 0.15) is 17.6 Å². The average molecular weight is 455 g/mol. The van der Waals surface area contributed by atoms with Crippen LogP contribution in [0, 0.1) is 0 Å². The number of nitrogens with two attached hydrogens (primary N) is 1. The van der Waals surface area contributed by atoms with E-state index >= 15 is 0 Å². The number of rotatable bonds is 10. The maximum Gasteiger partial charge on any atom is 0.573 e. The molecule has 0 aromatic heterocycles. The largest absolute Gasteiger partial charge is 0.573 e. The Labute approximate surface area is 182 Å². The monoisotopic (exact) mass is 455 g/mol. The van der Waals surface area contributed by atoms with Gasteiger partial charge in [-0.2, -0.15) is 0 Å². The Morgan fingerprint density at radius 1 is 0.906 bits per heavy atom. The number of alkyl halides is 3. The van der Waals surface area contributed by atoms with E-state index in [4.69, 9.17) is 20.7 Å². The van der Waals surface area contributed by atoms with Gasteiger partial charge in [-0.25, -0.2) is 9.59 Å². The summed E-state index contributed by atoms with van der Waals surface area (Å²) in [7, 11) is 0. The van der Waals surface area contributed by atoms with E-state index in [0.29, 0.717) is 24.4 Å². The third-order valence-corrected chi connectivity index (χ3v) is 3.80. The molecule has 4 N–H and O–H groups in total. The molecule has 0 fully saturated rings. The molecule has 0 radical (unpaired) electrons. The first-order valence-electron chi connectivity index (χ1n) is 9.52. The molecule has 0 amide bonds. The van der Waals surface area contributed by atoms with Crippen LogP contribution in [0.5, 0.6) is 11.5 Å². The van der Waals surface area contributed by atoms with E-state index in [2.05, 4.69) is 4.74 Å². The SMILES string of the molecule is NCCCCC(Oc1ccc(OC(F)(F)F)cc1)c1ccccc1.O=C(O)C=CC(=O)O. The smallest absolute Gasteiger partial charge is 0.486 e. The third-order valence-electron chi connectivity index (χ3n) is 3.80. The number of aliphatic carboxylic acids is 2. The molecule has 0 aliphatic heterocycles. The van der Waals surface area contributed by atoms with Gasteiger partial charge in [0.15, 0.2) is 0 Å². The summed E-state index contributed by atoms with van der Waals surface area (Å²) < 4.78 is 46.4. The lowest BCUT2D eigenvalue weighted by atomic mass is 10.0. The highest BCUT2D eigenvalue weighted by atomic mass is 19.4. The Balaban J connectivity index is 0.000000547. The molecular formula is C22H24F3NO6. The van der Waals surface area contributed by atoms with Gasteiger partial charge in [0.05, 0.1) is 0 Å². The molecule has 2 aromatic carbocycles. The Morgan fingerprint density at radius 2 is 1.44 bits per heavy atom. The van der Waals surface area contributed by atoms with Gasteiger partial charge in [0.25, 0.3) is 0 Å². The zero-order valence-corrected chi connectivity index (χ0v) is 17.0. The van der Waals surface area contributed by atoms with Gasteiger partial charge in [0.2, 0.25) is 0 Å². The second-order valence-electron chi connectivity index (χ2n) is 6.33. The van der Waals surface area contributed by atoms with E-state index in [1.807, 2.05) is 30.3 Å². The molecular weight excluding hydrogens is 431 g/mol. The Morgan fingerprint density at radius 3 is 1.91 bits per heavy atom. The molecule has 0 saturated carbocycles. The fourth-order valence-electron chi connectivity index (χ4n) is 2.46. The number of halogens is 3. The molecule has 0 bridgehead atoms. The second-order valence-corrected chi connectivity index (χ2v) is 6.33. The van der Waals surface area contributed by atoms with Gasteiger partial charge >= 0.3 is 18.3 Å². The van der Waals surface area contributed by atoms with Crippen molar-refractivity contribution in [2.75, 3.05) is 6.54 Å². The minimum Gasteiger partial charge on any atom is -0.486 e. The summed E-state index contributed by atoms with van der Waals surface area (Å²) in [4.78, 5) is 19.1. The van der Waals surface area contributed by atoms with Crippen molar-refractivity contribution in [2.24, 2.45) is 5.73 Å². The minimum atomic E-state index is -4.70. The fraction of sp³-hybridized carbons (Fsp3) is 0.273. The zero-order valence-electron chi connectivity index (χ0n) is 17.0. The molecule has 0 saturated heterocycles. The molecule has 10 heteroatoms. The van der Waals surface area contributed by atoms with Crippen molar-refractivity contribution < 1.29 is 42.4 Å². The van der Waals surface area contributed by atoms with Gasteiger partial charge in [-0.1, -0.05) is 30.3 Å². The number of hydrogen-bond donors (Lipinski definition) is 3. The van der Waals surface area contributed by atoms with E-state index in [9.17, 15) is 22.8 Å². The van der Waals surface area contributed by atoms with Gasteiger partial charge in [0, 0.05) is 12.2 Å². The molecule has 7 nitrogen and oxygen atoms in total. The summed E-state index contributed by atoms with van der Waals surface area (Å²) in [6, 6.07) is 15.1. The van der Waals surface area contributed by atoms with Crippen molar-refractivity contribution in [3.63, 3.8) is 0 Å². The molecule has 2 aromatic rings. The predicted octanol–water partition coefficient (Wildman–Crippen LogP) is 4.55. The lowest BCUT2D eigenvalue weighted by Crippen LogP contribution is -2.17. The van der Waals surface area contributed by atoms with Gasteiger partial charge in [-0.05, 0) is 55.6 Å². The number of ether oxygens (including phenoxy) is 2. The van der Waals surface area contributed by atoms with Crippen LogP contribution in [0.2, 0.25) is 0 Å². The summed E-state index contributed by atoms with van der Waals surface area (Å²) in [6.45, 7) is 0.616. The maximum absolute atomic E-state index is 12.2. The summed E-state index contributed by atoms with van der Waals surface area (Å²) in [5.41, 5.74) is 6.55. The van der Waals surface area contributed by atoms with Crippen molar-refractivity contribution in [2.45, 2.75) is 31.7 Å². The van der Waals surface area contributed by atoms with Gasteiger partial charge in [-0.3, -0.25) is 0 Å². The summed E-state index contributed by atoms with van der Waals surface area (Å²) in [5, 5.41) is 15.6. The van der Waals surface area contributed by atoms with Crippen molar-refractivity contribution >= 4 is 11.9 Å². The maximum atomic E-state index is 12.2. The number of carbonyl (C=O) groups is 2. The number of unbranched alkanes of at least 4 members (excludes halogenated alkanes) is 1. The topological polar surface area (TPSA) is 119 Å². The molecule has 0 heterocycles. The summed E-state index contributed by atoms with van der Waals surface area (Å²) in [6.07, 6.45) is -1.17. The van der Waals surface area contributed by atoms with Crippen LogP contribution in [0.3, 0.4) is 0 Å². The standard InChI is InChI=1S/C18H20F3NO2.C4H4O4/c19-18(20,21)24-16-11-9-15(10-12-16)23-17(8-4-5-13-22)14-6-2-1-3-7-14;5-3(6)1-2-4(7)8/h1-3,6-7,9-12,17H,4-5,8,13,22H2;1-2H,(H,5,6)(H,7,8). The molecule has 0 spiro atoms. The lowest BCUT2D eigenvalue weighted by Gasteiger charge is -2.20. The molecule has 0 aliphatic carbocycles. The first-order chi connectivity index (χ1) is 15.1. The molecule has 32 heavy (non-hydrogen) atoms. The average Bonchev–Trinajstić information content (AvgIpc) is 2.73. The van der Waals surface area contributed by atoms with Crippen molar-refractivity contribution in [1.82, 2.24) is 0 Å². The van der Waals surface area contributed by atoms with Crippen LogP contribution in [0.25, 0.3) is 0 Å². The molecule has 174 valence electrons. The Hall–Kier alpha value is -3.53. The summed E-state index contributed by atoms with van der Waals surface area (Å²) >= 11 is 0. The van der Waals surface area contributed by atoms with E-state index in [-0.39, 0.29) is 11.9 Å². The molecule has 1 atom stereocenters. The van der Waals surface area contributed by atoms with Crippen molar-refractivity contribution in [1.29, 1.82) is 0 Å². The van der Waals surface area contributed by atoms with Gasteiger partial charge in [-0.15, -0.1) is 13.2 Å². The van der Waals surface area contributed by atoms with Crippen LogP contribution >= 0.6 is 0 Å². The molecule has 0 aliphatic rings. The van der Waals surface area contributed by atoms with Crippen molar-refractivity contribution in [3.8, 4) is 11.5 Å². The highest BCUT2D eigenvalue weighted by molar-refractivity contribution is 5.89. The molecule has 1 unspecified atom stereocenters. The van der Waals surface area contributed by atoms with Crippen molar-refractivity contribution in [3.05, 3.63) is 72.3 Å². The van der Waals surface area contributed by atoms with E-state index < -0.39 is 18.3 Å². The fourth-order valence-corrected chi connectivity index (χ4v) is 2.46. The lowest BCUT2D eigenvalue weighted by molar-refractivity contribution is -0.274. The Kier molecular flexibility index (Phi) is 11.4. The van der Waals surface area contributed by atoms with Gasteiger partial charge < -0.3 is 25.4 Å². The number of benzene rings is 2. The highest BCUT2D eigenvalue weighted by Crippen LogP contribution is 2.29. The number of carboxylic acid groups (broad SMARTS) is 2.